The number of hydrogen-bond acceptors (Lipinski definition) is 3. The molecule has 2 amide bonds. The fourth-order valence-electron chi connectivity index (χ4n) is 2.73. The van der Waals surface area contributed by atoms with Gasteiger partial charge in [-0.05, 0) is 36.6 Å². The quantitative estimate of drug-likeness (QED) is 0.796. The highest BCUT2D eigenvalue weighted by Gasteiger charge is 2.25. The van der Waals surface area contributed by atoms with E-state index in [2.05, 4.69) is 10.2 Å². The van der Waals surface area contributed by atoms with Crippen molar-refractivity contribution in [3.8, 4) is 0 Å². The maximum atomic E-state index is 12.3. The summed E-state index contributed by atoms with van der Waals surface area (Å²) in [5.74, 6) is 0.0349. The highest BCUT2D eigenvalue weighted by Crippen LogP contribution is 2.22. The Morgan fingerprint density at radius 3 is 2.52 bits per heavy atom. The largest absolute Gasteiger partial charge is 0.352 e. The molecule has 2 aliphatic rings. The molecule has 0 unspecified atom stereocenters. The van der Waals surface area contributed by atoms with Crippen molar-refractivity contribution in [2.45, 2.75) is 18.9 Å². The molecule has 1 heterocycles. The number of carbonyl (C=O) groups excluding carboxylic acids is 2. The molecule has 1 N–H and O–H groups in total. The molecule has 0 spiro atoms. The standard InChI is InChI=1S/C18H21Cl2N3O2/c19-14-3-1-13(16(20)11-14)2-6-18(25)23-9-7-22(8-10-23)12-17(24)21-15-4-5-15/h1-3,6,11,15H,4-5,7-10,12H2,(H,21,24). The Hall–Kier alpha value is -1.56. The third kappa shape index (κ3) is 5.46. The van der Waals surface area contributed by atoms with Crippen LogP contribution in [0.25, 0.3) is 6.08 Å². The molecule has 7 heteroatoms. The van der Waals surface area contributed by atoms with Crippen LogP contribution in [-0.2, 0) is 9.59 Å². The number of hydrogen-bond donors (Lipinski definition) is 1. The fraction of sp³-hybridized carbons (Fsp3) is 0.444. The monoisotopic (exact) mass is 381 g/mol. The summed E-state index contributed by atoms with van der Waals surface area (Å²) in [5, 5.41) is 4.07. The normalized spacial score (nSPS) is 18.6. The second-order valence-electron chi connectivity index (χ2n) is 6.44. The molecule has 5 nitrogen and oxygen atoms in total. The molecule has 0 bridgehead atoms. The van der Waals surface area contributed by atoms with Crippen LogP contribution in [0.2, 0.25) is 10.0 Å². The van der Waals surface area contributed by atoms with Gasteiger partial charge in [-0.3, -0.25) is 14.5 Å². The topological polar surface area (TPSA) is 52.7 Å². The van der Waals surface area contributed by atoms with Crippen molar-refractivity contribution < 1.29 is 9.59 Å². The van der Waals surface area contributed by atoms with E-state index in [-0.39, 0.29) is 11.8 Å². The Balaban J connectivity index is 1.46. The molecule has 0 aromatic heterocycles. The molecular formula is C18H21Cl2N3O2. The van der Waals surface area contributed by atoms with Crippen LogP contribution in [0.15, 0.2) is 24.3 Å². The van der Waals surface area contributed by atoms with E-state index in [9.17, 15) is 9.59 Å². The predicted molar refractivity (Wildman–Crippen MR) is 99.7 cm³/mol. The number of carbonyl (C=O) groups is 2. The van der Waals surface area contributed by atoms with Crippen molar-refractivity contribution in [2.75, 3.05) is 32.7 Å². The molecule has 0 atom stereocenters. The van der Waals surface area contributed by atoms with Crippen molar-refractivity contribution in [1.82, 2.24) is 15.1 Å². The molecule has 1 saturated heterocycles. The van der Waals surface area contributed by atoms with Crippen LogP contribution in [0.3, 0.4) is 0 Å². The molecule has 2 fully saturated rings. The van der Waals surface area contributed by atoms with Crippen LogP contribution < -0.4 is 5.32 Å². The van der Waals surface area contributed by atoms with Crippen molar-refractivity contribution >= 4 is 41.1 Å². The second kappa shape index (κ2) is 8.21. The first-order valence-corrected chi connectivity index (χ1v) is 9.20. The third-order valence-corrected chi connectivity index (χ3v) is 4.92. The Morgan fingerprint density at radius 1 is 1.16 bits per heavy atom. The molecule has 1 aliphatic heterocycles. The van der Waals surface area contributed by atoms with Gasteiger partial charge in [-0.2, -0.15) is 0 Å². The predicted octanol–water partition coefficient (Wildman–Crippen LogP) is 2.43. The number of nitrogens with one attached hydrogen (secondary N) is 1. The molecule has 1 aromatic carbocycles. The zero-order chi connectivity index (χ0) is 17.8. The van der Waals surface area contributed by atoms with E-state index in [1.54, 1.807) is 29.2 Å². The molecule has 1 aromatic rings. The average Bonchev–Trinajstić information content (AvgIpc) is 3.38. The van der Waals surface area contributed by atoms with E-state index in [1.165, 1.54) is 6.08 Å². The lowest BCUT2D eigenvalue weighted by atomic mass is 10.2. The molecular weight excluding hydrogens is 361 g/mol. The number of halogens is 2. The van der Waals surface area contributed by atoms with Crippen LogP contribution in [0.5, 0.6) is 0 Å². The summed E-state index contributed by atoms with van der Waals surface area (Å²) in [6.45, 7) is 3.07. The Bertz CT molecular complexity index is 681. The summed E-state index contributed by atoms with van der Waals surface area (Å²) in [6, 6.07) is 5.56. The van der Waals surface area contributed by atoms with Gasteiger partial charge in [0.15, 0.2) is 0 Å². The highest BCUT2D eigenvalue weighted by atomic mass is 35.5. The van der Waals surface area contributed by atoms with Crippen LogP contribution in [0.4, 0.5) is 0 Å². The van der Waals surface area contributed by atoms with Crippen molar-refractivity contribution in [1.29, 1.82) is 0 Å². The number of benzene rings is 1. The van der Waals surface area contributed by atoms with Gasteiger partial charge in [-0.25, -0.2) is 0 Å². The van der Waals surface area contributed by atoms with Crippen LogP contribution in [0.1, 0.15) is 18.4 Å². The molecule has 134 valence electrons. The molecule has 25 heavy (non-hydrogen) atoms. The minimum absolute atomic E-state index is 0.0481. The van der Waals surface area contributed by atoms with Gasteiger partial charge in [-0.1, -0.05) is 29.3 Å². The molecule has 1 saturated carbocycles. The van der Waals surface area contributed by atoms with Crippen LogP contribution in [-0.4, -0.2) is 60.4 Å². The number of piperazine rings is 1. The average molecular weight is 382 g/mol. The maximum Gasteiger partial charge on any atom is 0.246 e. The summed E-state index contributed by atoms with van der Waals surface area (Å²) in [7, 11) is 0. The summed E-state index contributed by atoms with van der Waals surface area (Å²) >= 11 is 12.0. The molecule has 0 radical (unpaired) electrons. The smallest absolute Gasteiger partial charge is 0.246 e. The minimum atomic E-state index is -0.0481. The Kier molecular flexibility index (Phi) is 5.99. The van der Waals surface area contributed by atoms with Crippen LogP contribution >= 0.6 is 23.2 Å². The van der Waals surface area contributed by atoms with Crippen LogP contribution in [0, 0.1) is 0 Å². The van der Waals surface area contributed by atoms with E-state index >= 15 is 0 Å². The van der Waals surface area contributed by atoms with Gasteiger partial charge < -0.3 is 10.2 Å². The minimum Gasteiger partial charge on any atom is -0.352 e. The highest BCUT2D eigenvalue weighted by molar-refractivity contribution is 6.35. The molecule has 1 aliphatic carbocycles. The van der Waals surface area contributed by atoms with Gasteiger partial charge in [0.1, 0.15) is 0 Å². The van der Waals surface area contributed by atoms with E-state index in [1.807, 2.05) is 0 Å². The van der Waals surface area contributed by atoms with E-state index < -0.39 is 0 Å². The SMILES string of the molecule is O=C(CN1CCN(C(=O)C=Cc2ccc(Cl)cc2Cl)CC1)NC1CC1. The lowest BCUT2D eigenvalue weighted by Gasteiger charge is -2.33. The van der Waals surface area contributed by atoms with Gasteiger partial charge in [0.25, 0.3) is 0 Å². The number of amides is 2. The zero-order valence-electron chi connectivity index (χ0n) is 13.9. The van der Waals surface area contributed by atoms with E-state index in [0.29, 0.717) is 48.8 Å². The number of nitrogens with zero attached hydrogens (tertiary/aromatic N) is 2. The first-order chi connectivity index (χ1) is 12.0. The van der Waals surface area contributed by atoms with Gasteiger partial charge in [0.05, 0.1) is 6.54 Å². The lowest BCUT2D eigenvalue weighted by Crippen LogP contribution is -2.51. The fourth-order valence-corrected chi connectivity index (χ4v) is 3.21. The number of rotatable bonds is 5. The first kappa shape index (κ1) is 18.2. The summed E-state index contributed by atoms with van der Waals surface area (Å²) < 4.78 is 0. The van der Waals surface area contributed by atoms with Crippen molar-refractivity contribution in [3.63, 3.8) is 0 Å². The van der Waals surface area contributed by atoms with Gasteiger partial charge in [0, 0.05) is 48.3 Å². The van der Waals surface area contributed by atoms with Gasteiger partial charge in [-0.15, -0.1) is 0 Å². The van der Waals surface area contributed by atoms with E-state index in [0.717, 1.165) is 18.4 Å². The van der Waals surface area contributed by atoms with Gasteiger partial charge >= 0.3 is 0 Å². The van der Waals surface area contributed by atoms with Crippen molar-refractivity contribution in [2.24, 2.45) is 0 Å². The Morgan fingerprint density at radius 2 is 1.88 bits per heavy atom. The zero-order valence-corrected chi connectivity index (χ0v) is 15.4. The maximum absolute atomic E-state index is 12.3. The summed E-state index contributed by atoms with van der Waals surface area (Å²) in [6.07, 6.45) is 5.43. The Labute approximate surface area is 157 Å². The van der Waals surface area contributed by atoms with Crippen molar-refractivity contribution in [3.05, 3.63) is 39.9 Å². The third-order valence-electron chi connectivity index (χ3n) is 4.36. The summed E-state index contributed by atoms with van der Waals surface area (Å²) in [4.78, 5) is 28.0. The van der Waals surface area contributed by atoms with Gasteiger partial charge in [0.2, 0.25) is 11.8 Å². The lowest BCUT2D eigenvalue weighted by molar-refractivity contribution is -0.128. The first-order valence-electron chi connectivity index (χ1n) is 8.45. The molecule has 3 rings (SSSR count). The second-order valence-corrected chi connectivity index (χ2v) is 7.29. The summed E-state index contributed by atoms with van der Waals surface area (Å²) in [5.41, 5.74) is 0.759. The van der Waals surface area contributed by atoms with E-state index in [4.69, 9.17) is 23.2 Å².